The first-order valence-electron chi connectivity index (χ1n) is 13.5. The molecular weight excluding hydrogens is 492 g/mol. The van der Waals surface area contributed by atoms with Gasteiger partial charge in [0.05, 0.1) is 11.2 Å². The zero-order chi connectivity index (χ0) is 26.8. The number of hydrogen-bond donors (Lipinski definition) is 2. The molecule has 0 spiro atoms. The Morgan fingerprint density at radius 2 is 1.85 bits per heavy atom. The quantitative estimate of drug-likeness (QED) is 0.349. The summed E-state index contributed by atoms with van der Waals surface area (Å²) in [5, 5.41) is 7.03. The molecule has 0 radical (unpaired) electrons. The average molecular weight is 525 g/mol. The summed E-state index contributed by atoms with van der Waals surface area (Å²) in [6, 6.07) is 17.1. The Balaban J connectivity index is 1.06. The molecule has 0 unspecified atom stereocenters. The summed E-state index contributed by atoms with van der Waals surface area (Å²) in [7, 11) is 0. The molecule has 0 atom stereocenters. The lowest BCUT2D eigenvalue weighted by molar-refractivity contribution is -0.123. The summed E-state index contributed by atoms with van der Waals surface area (Å²) >= 11 is 0. The molecule has 1 saturated heterocycles. The van der Waals surface area contributed by atoms with Gasteiger partial charge in [-0.25, -0.2) is 14.8 Å². The Bertz CT molecular complexity index is 1500. The number of fused-ring (bicyclic) bond motifs is 1. The van der Waals surface area contributed by atoms with Crippen molar-refractivity contribution in [3.05, 3.63) is 78.4 Å². The molecule has 4 aromatic rings. The number of nitrogens with zero attached hydrogens (tertiary/aromatic N) is 4. The van der Waals surface area contributed by atoms with Crippen molar-refractivity contribution in [2.45, 2.75) is 45.2 Å². The third kappa shape index (κ3) is 6.09. The molecule has 1 aliphatic carbocycles. The van der Waals surface area contributed by atoms with Gasteiger partial charge in [0.25, 0.3) is 0 Å². The number of aryl methyl sites for hydroxylation is 1. The van der Waals surface area contributed by atoms with Crippen molar-refractivity contribution in [1.82, 2.24) is 24.8 Å². The monoisotopic (exact) mass is 524 g/mol. The van der Waals surface area contributed by atoms with Crippen molar-refractivity contribution in [3.63, 3.8) is 0 Å². The number of rotatable bonds is 7. The Hall–Kier alpha value is -4.24. The number of aromatic nitrogens is 3. The maximum atomic E-state index is 12.9. The molecule has 2 fully saturated rings. The average Bonchev–Trinajstić information content (AvgIpc) is 3.69. The largest absolute Gasteiger partial charge is 0.439 e. The van der Waals surface area contributed by atoms with Gasteiger partial charge in [-0.05, 0) is 74.6 Å². The van der Waals surface area contributed by atoms with E-state index in [0.29, 0.717) is 18.2 Å². The van der Waals surface area contributed by atoms with Gasteiger partial charge < -0.3 is 15.4 Å². The fraction of sp³-hybridized carbons (Fsp3) is 0.333. The van der Waals surface area contributed by atoms with Crippen LogP contribution in [0.4, 0.5) is 10.5 Å². The molecule has 2 aromatic heterocycles. The topological polar surface area (TPSA) is 101 Å². The lowest BCUT2D eigenvalue weighted by Crippen LogP contribution is -2.44. The van der Waals surface area contributed by atoms with Gasteiger partial charge in [-0.1, -0.05) is 12.1 Å². The predicted molar refractivity (Wildman–Crippen MR) is 149 cm³/mol. The van der Waals surface area contributed by atoms with Crippen LogP contribution in [0.15, 0.2) is 67.1 Å². The van der Waals surface area contributed by atoms with Crippen LogP contribution in [0, 0.1) is 12.8 Å². The minimum atomic E-state index is -0.223. The zero-order valence-corrected chi connectivity index (χ0v) is 22.0. The Morgan fingerprint density at radius 3 is 2.64 bits per heavy atom. The second kappa shape index (κ2) is 10.9. The maximum Gasteiger partial charge on any atom is 0.330 e. The van der Waals surface area contributed by atoms with E-state index < -0.39 is 0 Å². The molecule has 0 bridgehead atoms. The molecule has 3 heterocycles. The minimum Gasteiger partial charge on any atom is -0.439 e. The smallest absolute Gasteiger partial charge is 0.330 e. The van der Waals surface area contributed by atoms with Crippen molar-refractivity contribution in [3.8, 4) is 11.6 Å². The molecule has 9 nitrogen and oxygen atoms in total. The first kappa shape index (κ1) is 25.1. The molecule has 2 N–H and O–H groups in total. The lowest BCUT2D eigenvalue weighted by Gasteiger charge is -2.32. The number of nitrogens with one attached hydrogen (secondary N) is 2. The highest BCUT2D eigenvalue weighted by Crippen LogP contribution is 2.29. The molecule has 1 saturated carbocycles. The first-order chi connectivity index (χ1) is 19.0. The highest BCUT2D eigenvalue weighted by molar-refractivity contribution is 5.98. The molecule has 2 aromatic carbocycles. The minimum absolute atomic E-state index is 0.223. The van der Waals surface area contributed by atoms with Gasteiger partial charge in [0, 0.05) is 54.9 Å². The van der Waals surface area contributed by atoms with Crippen LogP contribution >= 0.6 is 0 Å². The molecule has 200 valence electrons. The van der Waals surface area contributed by atoms with Crippen molar-refractivity contribution in [2.24, 2.45) is 5.92 Å². The summed E-state index contributed by atoms with van der Waals surface area (Å²) in [6.45, 7) is 4.53. The number of ether oxygens (including phenoxy) is 1. The molecule has 9 heteroatoms. The molecule has 1 aliphatic heterocycles. The van der Waals surface area contributed by atoms with Gasteiger partial charge in [0.2, 0.25) is 11.8 Å². The number of benzene rings is 2. The summed E-state index contributed by atoms with van der Waals surface area (Å²) in [6.07, 6.45) is 7.26. The van der Waals surface area contributed by atoms with E-state index in [1.165, 1.54) is 6.33 Å². The SMILES string of the molecule is Cc1cccc(NC(=O)n2ccc3cc(Oc4cc(CN5CCC(NC(=O)C6CC6)CC5)ncn4)ccc32)c1. The van der Waals surface area contributed by atoms with Crippen molar-refractivity contribution in [2.75, 3.05) is 18.4 Å². The Kier molecular flexibility index (Phi) is 6.98. The fourth-order valence-electron chi connectivity index (χ4n) is 5.04. The molecule has 39 heavy (non-hydrogen) atoms. The Labute approximate surface area is 227 Å². The van der Waals surface area contributed by atoms with Crippen LogP contribution in [0.5, 0.6) is 11.6 Å². The second-order valence-electron chi connectivity index (χ2n) is 10.5. The van der Waals surface area contributed by atoms with Crippen LogP contribution in [-0.4, -0.2) is 50.5 Å². The second-order valence-corrected chi connectivity index (χ2v) is 10.5. The maximum absolute atomic E-state index is 12.9. The lowest BCUT2D eigenvalue weighted by atomic mass is 10.0. The standard InChI is InChI=1S/C30H32N6O3/c1-20-3-2-4-24(15-20)34-30(38)36-14-9-22-16-26(7-8-27(22)36)39-28-17-25(31-19-32-28)18-35-12-10-23(11-13-35)33-29(37)21-5-6-21/h2-4,7-9,14-17,19,21,23H,5-6,10-13,18H2,1H3,(H,33,37)(H,34,38). The van der Waals surface area contributed by atoms with Crippen LogP contribution < -0.4 is 15.4 Å². The number of carbonyl (C=O) groups is 2. The van der Waals surface area contributed by atoms with Gasteiger partial charge >= 0.3 is 6.03 Å². The van der Waals surface area contributed by atoms with Gasteiger partial charge in [0.1, 0.15) is 12.1 Å². The third-order valence-corrected chi connectivity index (χ3v) is 7.34. The van der Waals surface area contributed by atoms with Crippen LogP contribution in [0.3, 0.4) is 0 Å². The molecule has 6 rings (SSSR count). The molecular formula is C30H32N6O3. The van der Waals surface area contributed by atoms with Gasteiger partial charge in [-0.15, -0.1) is 0 Å². The number of likely N-dealkylation sites (tertiary alicyclic amines) is 1. The van der Waals surface area contributed by atoms with Crippen molar-refractivity contribution >= 4 is 28.5 Å². The third-order valence-electron chi connectivity index (χ3n) is 7.34. The highest BCUT2D eigenvalue weighted by atomic mass is 16.5. The first-order valence-corrected chi connectivity index (χ1v) is 13.5. The summed E-state index contributed by atoms with van der Waals surface area (Å²) < 4.78 is 7.65. The van der Waals surface area contributed by atoms with E-state index in [1.807, 2.05) is 61.5 Å². The van der Waals surface area contributed by atoms with E-state index in [-0.39, 0.29) is 23.9 Å². The summed E-state index contributed by atoms with van der Waals surface area (Å²) in [5.74, 6) is 1.59. The van der Waals surface area contributed by atoms with Crippen LogP contribution in [0.2, 0.25) is 0 Å². The molecule has 2 aliphatic rings. The normalized spacial score (nSPS) is 16.2. The van der Waals surface area contributed by atoms with E-state index in [2.05, 4.69) is 25.5 Å². The fourth-order valence-corrected chi connectivity index (χ4v) is 5.04. The summed E-state index contributed by atoms with van der Waals surface area (Å²) in [5.41, 5.74) is 3.51. The number of hydrogen-bond acceptors (Lipinski definition) is 6. The number of carbonyl (C=O) groups excluding carboxylic acids is 2. The number of anilines is 1. The zero-order valence-electron chi connectivity index (χ0n) is 22.0. The van der Waals surface area contributed by atoms with E-state index in [4.69, 9.17) is 4.74 Å². The highest BCUT2D eigenvalue weighted by Gasteiger charge is 2.31. The van der Waals surface area contributed by atoms with Gasteiger partial charge in [0.15, 0.2) is 0 Å². The van der Waals surface area contributed by atoms with E-state index >= 15 is 0 Å². The number of piperidine rings is 1. The number of amides is 2. The van der Waals surface area contributed by atoms with Gasteiger partial charge in [-0.2, -0.15) is 0 Å². The van der Waals surface area contributed by atoms with Crippen molar-refractivity contribution in [1.29, 1.82) is 0 Å². The predicted octanol–water partition coefficient (Wildman–Crippen LogP) is 5.10. The van der Waals surface area contributed by atoms with E-state index in [9.17, 15) is 9.59 Å². The Morgan fingerprint density at radius 1 is 1.00 bits per heavy atom. The van der Waals surface area contributed by atoms with Crippen LogP contribution in [0.25, 0.3) is 10.9 Å². The van der Waals surface area contributed by atoms with Crippen LogP contribution in [0.1, 0.15) is 36.9 Å². The van der Waals surface area contributed by atoms with Crippen LogP contribution in [-0.2, 0) is 11.3 Å². The van der Waals surface area contributed by atoms with E-state index in [0.717, 1.165) is 66.6 Å². The summed E-state index contributed by atoms with van der Waals surface area (Å²) in [4.78, 5) is 36.0. The molecule has 2 amide bonds. The van der Waals surface area contributed by atoms with E-state index in [1.54, 1.807) is 10.8 Å². The van der Waals surface area contributed by atoms with Gasteiger partial charge in [-0.3, -0.25) is 14.3 Å². The van der Waals surface area contributed by atoms with Crippen molar-refractivity contribution < 1.29 is 14.3 Å².